The molecule has 0 aliphatic carbocycles. The van der Waals surface area contributed by atoms with E-state index in [2.05, 4.69) is 9.97 Å². The molecule has 0 unspecified atom stereocenters. The third-order valence-corrected chi connectivity index (χ3v) is 5.44. The lowest BCUT2D eigenvalue weighted by molar-refractivity contribution is 0.0464. The minimum Gasteiger partial charge on any atom is -0.462 e. The summed E-state index contributed by atoms with van der Waals surface area (Å²) in [5.74, 6) is -0.761. The Morgan fingerprint density at radius 2 is 1.67 bits per heavy atom. The van der Waals surface area contributed by atoms with Crippen molar-refractivity contribution in [3.05, 3.63) is 70.0 Å². The molecule has 30 heavy (non-hydrogen) atoms. The molecular weight excluding hydrogens is 380 g/mol. The van der Waals surface area contributed by atoms with Crippen LogP contribution in [0, 0.1) is 20.8 Å². The molecule has 0 radical (unpaired) electrons. The van der Waals surface area contributed by atoms with Crippen molar-refractivity contribution in [2.75, 3.05) is 6.61 Å². The standard InChI is InChI=1S/C24H24N2O4/c1-5-29-23(27)20-15(4)25-21-13(2)19-14(3)22(26-18(19)11-17(20)21)24(28)30-12-16-9-7-6-8-10-16/h6-11,25-26H,5,12H2,1-4H3. The monoisotopic (exact) mass is 404 g/mol. The Labute approximate surface area is 174 Å². The first-order valence-electron chi connectivity index (χ1n) is 9.94. The van der Waals surface area contributed by atoms with Crippen LogP contribution in [0.25, 0.3) is 21.8 Å². The molecule has 2 N–H and O–H groups in total. The molecule has 0 saturated carbocycles. The average molecular weight is 404 g/mol. The summed E-state index contributed by atoms with van der Waals surface area (Å²) in [6.07, 6.45) is 0. The Kier molecular flexibility index (Phi) is 5.08. The highest BCUT2D eigenvalue weighted by molar-refractivity contribution is 6.12. The molecule has 2 aromatic carbocycles. The van der Waals surface area contributed by atoms with Gasteiger partial charge in [-0.25, -0.2) is 9.59 Å². The zero-order valence-electron chi connectivity index (χ0n) is 17.5. The van der Waals surface area contributed by atoms with E-state index in [1.165, 1.54) is 0 Å². The maximum absolute atomic E-state index is 12.7. The van der Waals surface area contributed by atoms with Crippen molar-refractivity contribution in [2.24, 2.45) is 0 Å². The Morgan fingerprint density at radius 1 is 0.933 bits per heavy atom. The van der Waals surface area contributed by atoms with Gasteiger partial charge in [0.2, 0.25) is 0 Å². The summed E-state index contributed by atoms with van der Waals surface area (Å²) in [6.45, 7) is 8.05. The molecule has 0 aliphatic heterocycles. The van der Waals surface area contributed by atoms with E-state index in [0.717, 1.165) is 44.2 Å². The lowest BCUT2D eigenvalue weighted by Gasteiger charge is -2.05. The molecule has 0 spiro atoms. The first-order chi connectivity index (χ1) is 14.4. The topological polar surface area (TPSA) is 84.2 Å². The first kappa shape index (κ1) is 19.8. The van der Waals surface area contributed by atoms with E-state index in [1.54, 1.807) is 6.92 Å². The largest absolute Gasteiger partial charge is 0.462 e. The summed E-state index contributed by atoms with van der Waals surface area (Å²) in [4.78, 5) is 31.7. The van der Waals surface area contributed by atoms with Crippen LogP contribution in [-0.4, -0.2) is 28.5 Å². The van der Waals surface area contributed by atoms with E-state index < -0.39 is 5.97 Å². The number of carbonyl (C=O) groups is 2. The number of aryl methyl sites for hydroxylation is 3. The molecule has 6 nitrogen and oxygen atoms in total. The van der Waals surface area contributed by atoms with Gasteiger partial charge in [-0.05, 0) is 50.5 Å². The summed E-state index contributed by atoms with van der Waals surface area (Å²) < 4.78 is 10.7. The summed E-state index contributed by atoms with van der Waals surface area (Å²) >= 11 is 0. The molecule has 0 amide bonds. The number of esters is 2. The van der Waals surface area contributed by atoms with Gasteiger partial charge in [-0.1, -0.05) is 30.3 Å². The predicted octanol–water partition coefficient (Wildman–Crippen LogP) is 5.11. The van der Waals surface area contributed by atoms with Gasteiger partial charge >= 0.3 is 11.9 Å². The van der Waals surface area contributed by atoms with Crippen molar-refractivity contribution >= 4 is 33.7 Å². The van der Waals surface area contributed by atoms with Gasteiger partial charge in [-0.2, -0.15) is 0 Å². The van der Waals surface area contributed by atoms with Crippen LogP contribution < -0.4 is 0 Å². The third kappa shape index (κ3) is 3.24. The molecule has 0 bridgehead atoms. The van der Waals surface area contributed by atoms with Gasteiger partial charge < -0.3 is 19.4 Å². The van der Waals surface area contributed by atoms with Crippen LogP contribution in [-0.2, 0) is 16.1 Å². The highest BCUT2D eigenvalue weighted by atomic mass is 16.5. The number of rotatable bonds is 5. The third-order valence-electron chi connectivity index (χ3n) is 5.44. The number of ether oxygens (including phenoxy) is 2. The van der Waals surface area contributed by atoms with E-state index in [0.29, 0.717) is 17.9 Å². The quantitative estimate of drug-likeness (QED) is 0.453. The second-order valence-corrected chi connectivity index (χ2v) is 7.38. The number of H-pyrrole nitrogens is 2. The molecular formula is C24H24N2O4. The van der Waals surface area contributed by atoms with Crippen LogP contribution in [0.3, 0.4) is 0 Å². The maximum atomic E-state index is 12.7. The fourth-order valence-corrected chi connectivity index (χ4v) is 4.03. The minimum atomic E-state index is -0.405. The number of aromatic amines is 2. The van der Waals surface area contributed by atoms with Crippen molar-refractivity contribution in [1.29, 1.82) is 0 Å². The molecule has 4 aromatic rings. The van der Waals surface area contributed by atoms with E-state index in [1.807, 2.05) is 57.2 Å². The van der Waals surface area contributed by atoms with Crippen LogP contribution in [0.2, 0.25) is 0 Å². The molecule has 0 fully saturated rings. The highest BCUT2D eigenvalue weighted by Crippen LogP contribution is 2.34. The summed E-state index contributed by atoms with van der Waals surface area (Å²) in [5, 5.41) is 1.73. The van der Waals surface area contributed by atoms with Crippen LogP contribution in [0.5, 0.6) is 0 Å². The van der Waals surface area contributed by atoms with Crippen molar-refractivity contribution in [3.63, 3.8) is 0 Å². The minimum absolute atomic E-state index is 0.209. The number of carbonyl (C=O) groups excluding carboxylic acids is 2. The molecule has 154 valence electrons. The van der Waals surface area contributed by atoms with E-state index in [4.69, 9.17) is 9.47 Å². The van der Waals surface area contributed by atoms with Crippen molar-refractivity contribution in [3.8, 4) is 0 Å². The van der Waals surface area contributed by atoms with Gasteiger partial charge in [-0.3, -0.25) is 0 Å². The van der Waals surface area contributed by atoms with Crippen LogP contribution in [0.15, 0.2) is 36.4 Å². The SMILES string of the molecule is CCOC(=O)c1c(C)[nH]c2c(C)c3c(C)c(C(=O)OCc4ccccc4)[nH]c3cc12. The number of hydrogen-bond acceptors (Lipinski definition) is 4. The Hall–Kier alpha value is -3.54. The van der Waals surface area contributed by atoms with Crippen molar-refractivity contribution < 1.29 is 19.1 Å². The number of benzene rings is 2. The number of nitrogens with one attached hydrogen (secondary N) is 2. The summed E-state index contributed by atoms with van der Waals surface area (Å²) in [5.41, 5.74) is 6.09. The fraction of sp³-hybridized carbons (Fsp3) is 0.250. The molecule has 0 atom stereocenters. The lowest BCUT2D eigenvalue weighted by atomic mass is 10.0. The number of hydrogen-bond donors (Lipinski definition) is 2. The van der Waals surface area contributed by atoms with E-state index in [9.17, 15) is 9.59 Å². The van der Waals surface area contributed by atoms with Crippen LogP contribution in [0.1, 0.15) is 50.2 Å². The average Bonchev–Trinajstić information content (AvgIpc) is 3.24. The van der Waals surface area contributed by atoms with Gasteiger partial charge in [0.1, 0.15) is 12.3 Å². The smallest absolute Gasteiger partial charge is 0.355 e. The summed E-state index contributed by atoms with van der Waals surface area (Å²) in [7, 11) is 0. The molecule has 0 aliphatic rings. The normalized spacial score (nSPS) is 11.2. The van der Waals surface area contributed by atoms with E-state index in [-0.39, 0.29) is 12.6 Å². The van der Waals surface area contributed by atoms with Crippen LogP contribution in [0.4, 0.5) is 0 Å². The maximum Gasteiger partial charge on any atom is 0.355 e. The Balaban J connectivity index is 1.76. The Morgan fingerprint density at radius 3 is 2.37 bits per heavy atom. The fourth-order valence-electron chi connectivity index (χ4n) is 4.03. The van der Waals surface area contributed by atoms with Crippen molar-refractivity contribution in [1.82, 2.24) is 9.97 Å². The Bertz CT molecular complexity index is 1270. The molecule has 6 heteroatoms. The predicted molar refractivity (Wildman–Crippen MR) is 116 cm³/mol. The lowest BCUT2D eigenvalue weighted by Crippen LogP contribution is -2.07. The highest BCUT2D eigenvalue weighted by Gasteiger charge is 2.23. The van der Waals surface area contributed by atoms with Gasteiger partial charge in [-0.15, -0.1) is 0 Å². The second kappa shape index (κ2) is 7.71. The molecule has 2 aromatic heterocycles. The second-order valence-electron chi connectivity index (χ2n) is 7.38. The van der Waals surface area contributed by atoms with Gasteiger partial charge in [0, 0.05) is 22.0 Å². The zero-order valence-corrected chi connectivity index (χ0v) is 17.5. The summed E-state index contributed by atoms with van der Waals surface area (Å²) in [6, 6.07) is 11.5. The molecule has 0 saturated heterocycles. The number of aromatic nitrogens is 2. The molecule has 4 rings (SSSR count). The van der Waals surface area contributed by atoms with Gasteiger partial charge in [0.25, 0.3) is 0 Å². The molecule has 2 heterocycles. The number of fused-ring (bicyclic) bond motifs is 2. The van der Waals surface area contributed by atoms with Gasteiger partial charge in [0.15, 0.2) is 0 Å². The zero-order chi connectivity index (χ0) is 21.4. The first-order valence-corrected chi connectivity index (χ1v) is 9.94. The van der Waals surface area contributed by atoms with Crippen molar-refractivity contribution in [2.45, 2.75) is 34.3 Å². The van der Waals surface area contributed by atoms with E-state index >= 15 is 0 Å². The van der Waals surface area contributed by atoms with Crippen LogP contribution >= 0.6 is 0 Å². The van der Waals surface area contributed by atoms with Gasteiger partial charge in [0.05, 0.1) is 17.7 Å².